The minimum atomic E-state index is -0.0211. The summed E-state index contributed by atoms with van der Waals surface area (Å²) < 4.78 is 0. The van der Waals surface area contributed by atoms with Crippen molar-refractivity contribution in [2.24, 2.45) is 5.92 Å². The summed E-state index contributed by atoms with van der Waals surface area (Å²) in [5, 5.41) is 3.54. The van der Waals surface area contributed by atoms with Crippen LogP contribution in [0.3, 0.4) is 0 Å². The molecule has 1 N–H and O–H groups in total. The number of nitrogens with one attached hydrogen (secondary N) is 1. The third-order valence-electron chi connectivity index (χ3n) is 5.05. The molecule has 1 amide bonds. The fourth-order valence-corrected chi connectivity index (χ4v) is 3.77. The van der Waals surface area contributed by atoms with Crippen LogP contribution < -0.4 is 5.32 Å². The molecule has 3 rings (SSSR count). The smallest absolute Gasteiger partial charge is 0.241 e. The maximum Gasteiger partial charge on any atom is 0.241 e. The van der Waals surface area contributed by atoms with Gasteiger partial charge in [-0.25, -0.2) is 0 Å². The van der Waals surface area contributed by atoms with Crippen molar-refractivity contribution >= 4 is 5.91 Å². The van der Waals surface area contributed by atoms with Crippen molar-refractivity contribution in [2.45, 2.75) is 64.7 Å². The quantitative estimate of drug-likeness (QED) is 0.923. The lowest BCUT2D eigenvalue weighted by Gasteiger charge is -2.30. The van der Waals surface area contributed by atoms with Crippen molar-refractivity contribution in [3.05, 3.63) is 35.4 Å². The van der Waals surface area contributed by atoms with E-state index in [1.807, 2.05) is 0 Å². The highest BCUT2D eigenvalue weighted by molar-refractivity contribution is 5.84. The van der Waals surface area contributed by atoms with Gasteiger partial charge >= 0.3 is 0 Å². The molecule has 4 unspecified atom stereocenters. The van der Waals surface area contributed by atoms with Gasteiger partial charge in [0.2, 0.25) is 5.91 Å². The van der Waals surface area contributed by atoms with Crippen LogP contribution >= 0.6 is 0 Å². The second-order valence-electron chi connectivity index (χ2n) is 6.76. The van der Waals surface area contributed by atoms with Gasteiger partial charge in [-0.3, -0.25) is 10.1 Å². The number of carbonyl (C=O) groups excluding carboxylic acids is 1. The Morgan fingerprint density at radius 3 is 2.52 bits per heavy atom. The highest BCUT2D eigenvalue weighted by Crippen LogP contribution is 2.37. The molecule has 0 spiro atoms. The lowest BCUT2D eigenvalue weighted by atomic mass is 10.1. The molecule has 0 aromatic heterocycles. The number of carbonyl (C=O) groups is 1. The average Bonchev–Trinajstić information content (AvgIpc) is 3.03. The summed E-state index contributed by atoms with van der Waals surface area (Å²) in [6, 6.07) is 8.97. The van der Waals surface area contributed by atoms with Crippen molar-refractivity contribution in [3.8, 4) is 0 Å². The number of benzene rings is 1. The van der Waals surface area contributed by atoms with Gasteiger partial charge < -0.3 is 4.90 Å². The van der Waals surface area contributed by atoms with E-state index in [2.05, 4.69) is 55.3 Å². The lowest BCUT2D eigenvalue weighted by molar-refractivity contribution is -0.132. The molecule has 1 aliphatic heterocycles. The molecule has 114 valence electrons. The molecule has 1 aromatic rings. The Kier molecular flexibility index (Phi) is 4.03. The number of rotatable bonds is 3. The third-order valence-corrected chi connectivity index (χ3v) is 5.05. The fraction of sp³-hybridized carbons (Fsp3) is 0.611. The molecule has 2 aliphatic rings. The summed E-state index contributed by atoms with van der Waals surface area (Å²) in [4.78, 5) is 14.9. The summed E-state index contributed by atoms with van der Waals surface area (Å²) in [5.74, 6) is 1.03. The predicted molar refractivity (Wildman–Crippen MR) is 84.8 cm³/mol. The number of amides is 1. The molecule has 1 heterocycles. The zero-order valence-corrected chi connectivity index (χ0v) is 13.3. The first kappa shape index (κ1) is 14.6. The van der Waals surface area contributed by atoms with Crippen LogP contribution in [0.2, 0.25) is 0 Å². The van der Waals surface area contributed by atoms with Crippen LogP contribution in [-0.4, -0.2) is 22.9 Å². The minimum absolute atomic E-state index is 0.0211. The van der Waals surface area contributed by atoms with Crippen LogP contribution in [0.5, 0.6) is 0 Å². The maximum absolute atomic E-state index is 12.7. The molecule has 3 nitrogen and oxygen atoms in total. The predicted octanol–water partition coefficient (Wildman–Crippen LogP) is 3.39. The Balaban J connectivity index is 1.88. The Morgan fingerprint density at radius 1 is 1.24 bits per heavy atom. The number of hydrogen-bond acceptors (Lipinski definition) is 2. The maximum atomic E-state index is 12.7. The molecule has 3 heteroatoms. The van der Waals surface area contributed by atoms with Gasteiger partial charge in [-0.15, -0.1) is 0 Å². The van der Waals surface area contributed by atoms with E-state index in [-0.39, 0.29) is 12.2 Å². The van der Waals surface area contributed by atoms with Gasteiger partial charge in [0, 0.05) is 6.04 Å². The van der Waals surface area contributed by atoms with Crippen molar-refractivity contribution in [3.63, 3.8) is 0 Å². The van der Waals surface area contributed by atoms with Gasteiger partial charge in [-0.05, 0) is 44.1 Å². The summed E-state index contributed by atoms with van der Waals surface area (Å²) in [6.07, 6.45) is 4.45. The van der Waals surface area contributed by atoms with Crippen LogP contribution in [0, 0.1) is 12.8 Å². The second-order valence-corrected chi connectivity index (χ2v) is 6.76. The average molecular weight is 286 g/mol. The number of aryl methyl sites for hydroxylation is 1. The molecule has 1 aromatic carbocycles. The number of nitrogens with zero attached hydrogens (tertiary/aromatic N) is 1. The molecule has 1 saturated heterocycles. The van der Waals surface area contributed by atoms with Crippen molar-refractivity contribution in [2.75, 3.05) is 0 Å². The van der Waals surface area contributed by atoms with E-state index in [1.165, 1.54) is 17.5 Å². The first-order valence-corrected chi connectivity index (χ1v) is 8.25. The summed E-state index contributed by atoms with van der Waals surface area (Å²) in [7, 11) is 0. The van der Waals surface area contributed by atoms with Gasteiger partial charge in [-0.1, -0.05) is 43.7 Å². The normalized spacial score (nSPS) is 32.9. The zero-order chi connectivity index (χ0) is 15.0. The van der Waals surface area contributed by atoms with Crippen LogP contribution in [0.25, 0.3) is 0 Å². The Bertz CT molecular complexity index is 510. The summed E-state index contributed by atoms with van der Waals surface area (Å²) in [6.45, 7) is 6.48. The first-order valence-electron chi connectivity index (χ1n) is 8.25. The molecule has 0 bridgehead atoms. The van der Waals surface area contributed by atoms with Gasteiger partial charge in [0.15, 0.2) is 0 Å². The Labute approximate surface area is 127 Å². The van der Waals surface area contributed by atoms with Crippen LogP contribution in [0.1, 0.15) is 56.8 Å². The third kappa shape index (κ3) is 2.71. The second kappa shape index (κ2) is 5.80. The molecule has 1 aliphatic carbocycles. The van der Waals surface area contributed by atoms with Crippen molar-refractivity contribution < 1.29 is 4.79 Å². The lowest BCUT2D eigenvalue weighted by Crippen LogP contribution is -2.38. The van der Waals surface area contributed by atoms with E-state index < -0.39 is 0 Å². The van der Waals surface area contributed by atoms with Gasteiger partial charge in [0.1, 0.15) is 6.17 Å². The molecule has 1 saturated carbocycles. The topological polar surface area (TPSA) is 32.3 Å². The van der Waals surface area contributed by atoms with E-state index >= 15 is 0 Å². The van der Waals surface area contributed by atoms with Crippen LogP contribution in [0.15, 0.2) is 24.3 Å². The van der Waals surface area contributed by atoms with Crippen molar-refractivity contribution in [1.29, 1.82) is 0 Å². The minimum Gasteiger partial charge on any atom is -0.319 e. The highest BCUT2D eigenvalue weighted by atomic mass is 16.2. The van der Waals surface area contributed by atoms with E-state index in [4.69, 9.17) is 0 Å². The fourth-order valence-electron chi connectivity index (χ4n) is 3.77. The SMILES string of the molecule is CCC1NC(c2ccc(C)cc2)N(C2CCC(C)C2)C1=O. The largest absolute Gasteiger partial charge is 0.319 e. The zero-order valence-electron chi connectivity index (χ0n) is 13.3. The molecular weight excluding hydrogens is 260 g/mol. The van der Waals surface area contributed by atoms with Gasteiger partial charge in [-0.2, -0.15) is 0 Å². The van der Waals surface area contributed by atoms with Gasteiger partial charge in [0.05, 0.1) is 6.04 Å². The van der Waals surface area contributed by atoms with E-state index in [0.717, 1.165) is 25.2 Å². The molecule has 0 radical (unpaired) electrons. The standard InChI is InChI=1S/C18H26N2O/c1-4-16-18(21)20(15-10-7-13(3)11-15)17(19-16)14-8-5-12(2)6-9-14/h5-6,8-9,13,15-17,19H,4,7,10-11H2,1-3H3. The molecule has 21 heavy (non-hydrogen) atoms. The summed E-state index contributed by atoms with van der Waals surface area (Å²) >= 11 is 0. The van der Waals surface area contributed by atoms with E-state index in [1.54, 1.807) is 0 Å². The van der Waals surface area contributed by atoms with Gasteiger partial charge in [0.25, 0.3) is 0 Å². The molecule has 2 fully saturated rings. The molecule has 4 atom stereocenters. The van der Waals surface area contributed by atoms with Crippen molar-refractivity contribution in [1.82, 2.24) is 10.2 Å². The Hall–Kier alpha value is -1.35. The molecular formula is C18H26N2O. The first-order chi connectivity index (χ1) is 10.1. The highest BCUT2D eigenvalue weighted by Gasteiger charge is 2.43. The van der Waals surface area contributed by atoms with E-state index in [9.17, 15) is 4.79 Å². The van der Waals surface area contributed by atoms with E-state index in [0.29, 0.717) is 11.9 Å². The van der Waals surface area contributed by atoms with Crippen LogP contribution in [-0.2, 0) is 4.79 Å². The Morgan fingerprint density at radius 2 is 1.95 bits per heavy atom. The monoisotopic (exact) mass is 286 g/mol. The number of hydrogen-bond donors (Lipinski definition) is 1. The summed E-state index contributed by atoms with van der Waals surface area (Å²) in [5.41, 5.74) is 2.47. The van der Waals surface area contributed by atoms with Crippen LogP contribution in [0.4, 0.5) is 0 Å².